The first-order valence-electron chi connectivity index (χ1n) is 7.90. The van der Waals surface area contributed by atoms with E-state index >= 15 is 0 Å². The van der Waals surface area contributed by atoms with Crippen molar-refractivity contribution in [1.29, 1.82) is 0 Å². The highest BCUT2D eigenvalue weighted by molar-refractivity contribution is 7.88. The number of carbonyl (C=O) groups is 1. The maximum absolute atomic E-state index is 12.8. The van der Waals surface area contributed by atoms with Crippen LogP contribution in [0.3, 0.4) is 0 Å². The molecule has 2 heterocycles. The summed E-state index contributed by atoms with van der Waals surface area (Å²) in [4.78, 5) is 15.6. The number of sulfonamides is 1. The number of nitrogens with zero attached hydrogens (tertiary/aromatic N) is 2. The van der Waals surface area contributed by atoms with E-state index < -0.39 is 21.9 Å². The molecule has 24 heavy (non-hydrogen) atoms. The molecule has 1 aliphatic rings. The average molecular weight is 348 g/mol. The minimum Gasteiger partial charge on any atom is -0.481 e. The zero-order valence-electron chi connectivity index (χ0n) is 13.4. The number of fused-ring (bicyclic) bond motifs is 1. The summed E-state index contributed by atoms with van der Waals surface area (Å²) in [6.07, 6.45) is 2.15. The first kappa shape index (κ1) is 16.9. The Labute approximate surface area is 141 Å². The second kappa shape index (κ2) is 6.49. The van der Waals surface area contributed by atoms with Crippen LogP contribution in [0.4, 0.5) is 0 Å². The van der Waals surface area contributed by atoms with Gasteiger partial charge < -0.3 is 5.11 Å². The molecule has 1 aromatic heterocycles. The SMILES string of the molecule is CC1CC(C(=O)O)CN(S(=O)(=O)Cc2cccc3cccnc23)C1. The zero-order chi connectivity index (χ0) is 17.3. The van der Waals surface area contributed by atoms with Crippen LogP contribution in [-0.4, -0.2) is 41.9 Å². The number of pyridine rings is 1. The summed E-state index contributed by atoms with van der Waals surface area (Å²) in [5.74, 6) is -1.72. The van der Waals surface area contributed by atoms with E-state index in [0.29, 0.717) is 24.0 Å². The zero-order valence-corrected chi connectivity index (χ0v) is 14.2. The van der Waals surface area contributed by atoms with E-state index in [1.807, 2.05) is 31.2 Å². The van der Waals surface area contributed by atoms with Crippen LogP contribution in [0.2, 0.25) is 0 Å². The Morgan fingerprint density at radius 2 is 2.04 bits per heavy atom. The van der Waals surface area contributed by atoms with Crippen LogP contribution >= 0.6 is 0 Å². The van der Waals surface area contributed by atoms with Gasteiger partial charge in [-0.15, -0.1) is 0 Å². The number of hydrogen-bond donors (Lipinski definition) is 1. The third-order valence-electron chi connectivity index (χ3n) is 4.42. The molecule has 128 valence electrons. The minimum atomic E-state index is -3.60. The summed E-state index contributed by atoms with van der Waals surface area (Å²) in [5.41, 5.74) is 1.31. The van der Waals surface area contributed by atoms with Gasteiger partial charge in [-0.2, -0.15) is 0 Å². The Bertz CT molecular complexity index is 861. The van der Waals surface area contributed by atoms with Crippen molar-refractivity contribution in [3.63, 3.8) is 0 Å². The number of hydrogen-bond acceptors (Lipinski definition) is 4. The van der Waals surface area contributed by atoms with E-state index in [9.17, 15) is 18.3 Å². The van der Waals surface area contributed by atoms with Gasteiger partial charge in [0.2, 0.25) is 10.0 Å². The van der Waals surface area contributed by atoms with Crippen molar-refractivity contribution in [2.45, 2.75) is 19.1 Å². The summed E-state index contributed by atoms with van der Waals surface area (Å²) in [7, 11) is -3.60. The van der Waals surface area contributed by atoms with Crippen LogP contribution in [0.1, 0.15) is 18.9 Å². The first-order valence-corrected chi connectivity index (χ1v) is 9.51. The third kappa shape index (κ3) is 3.42. The van der Waals surface area contributed by atoms with E-state index in [4.69, 9.17) is 0 Å². The lowest BCUT2D eigenvalue weighted by atomic mass is 9.92. The van der Waals surface area contributed by atoms with E-state index in [1.165, 1.54) is 4.31 Å². The van der Waals surface area contributed by atoms with Gasteiger partial charge in [-0.05, 0) is 24.0 Å². The monoisotopic (exact) mass is 348 g/mol. The Morgan fingerprint density at radius 1 is 1.29 bits per heavy atom. The molecule has 1 saturated heterocycles. The fraction of sp³-hybridized carbons (Fsp3) is 0.412. The number of benzene rings is 1. The van der Waals surface area contributed by atoms with Crippen LogP contribution in [0, 0.1) is 11.8 Å². The number of carboxylic acids is 1. The molecule has 2 unspecified atom stereocenters. The minimum absolute atomic E-state index is 0.0280. The summed E-state index contributed by atoms with van der Waals surface area (Å²) < 4.78 is 27.0. The summed E-state index contributed by atoms with van der Waals surface area (Å²) >= 11 is 0. The first-order chi connectivity index (χ1) is 11.4. The molecule has 1 fully saturated rings. The van der Waals surface area contributed by atoms with E-state index in [0.717, 1.165) is 5.39 Å². The Balaban J connectivity index is 1.89. The van der Waals surface area contributed by atoms with Gasteiger partial charge in [0.15, 0.2) is 0 Å². The Kier molecular flexibility index (Phi) is 4.56. The van der Waals surface area contributed by atoms with Crippen molar-refractivity contribution in [3.05, 3.63) is 42.1 Å². The standard InChI is InChI=1S/C17H20N2O4S/c1-12-8-15(17(20)21)10-19(9-12)24(22,23)11-14-5-2-4-13-6-3-7-18-16(13)14/h2-7,12,15H,8-11H2,1H3,(H,20,21). The number of para-hydroxylation sites is 1. The average Bonchev–Trinajstić information content (AvgIpc) is 2.54. The summed E-state index contributed by atoms with van der Waals surface area (Å²) in [6.45, 7) is 2.29. The highest BCUT2D eigenvalue weighted by Crippen LogP contribution is 2.26. The Hall–Kier alpha value is -1.99. The molecular formula is C17H20N2O4S. The smallest absolute Gasteiger partial charge is 0.307 e. The van der Waals surface area contributed by atoms with Gasteiger partial charge in [0.05, 0.1) is 17.2 Å². The molecule has 0 amide bonds. The maximum Gasteiger partial charge on any atom is 0.307 e. The van der Waals surface area contributed by atoms with Crippen molar-refractivity contribution >= 4 is 26.9 Å². The normalized spacial score (nSPS) is 22.5. The van der Waals surface area contributed by atoms with Crippen molar-refractivity contribution in [2.75, 3.05) is 13.1 Å². The third-order valence-corrected chi connectivity index (χ3v) is 6.18. The maximum atomic E-state index is 12.8. The lowest BCUT2D eigenvalue weighted by Crippen LogP contribution is -2.45. The molecule has 0 spiro atoms. The quantitative estimate of drug-likeness (QED) is 0.914. The van der Waals surface area contributed by atoms with Crippen LogP contribution in [-0.2, 0) is 20.6 Å². The van der Waals surface area contributed by atoms with Gasteiger partial charge >= 0.3 is 5.97 Å². The molecule has 1 aliphatic heterocycles. The fourth-order valence-electron chi connectivity index (χ4n) is 3.28. The van der Waals surface area contributed by atoms with E-state index in [-0.39, 0.29) is 18.2 Å². The Morgan fingerprint density at radius 3 is 2.79 bits per heavy atom. The number of piperidine rings is 1. The highest BCUT2D eigenvalue weighted by Gasteiger charge is 2.35. The second-order valence-electron chi connectivity index (χ2n) is 6.44. The molecule has 1 N–H and O–H groups in total. The molecule has 0 radical (unpaired) electrons. The van der Waals surface area contributed by atoms with Crippen LogP contribution in [0.15, 0.2) is 36.5 Å². The molecule has 0 saturated carbocycles. The molecule has 7 heteroatoms. The van der Waals surface area contributed by atoms with Gasteiger partial charge in [-0.3, -0.25) is 9.78 Å². The lowest BCUT2D eigenvalue weighted by Gasteiger charge is -2.33. The molecule has 3 rings (SSSR count). The molecule has 2 aromatic rings. The van der Waals surface area contributed by atoms with Crippen molar-refractivity contribution in [1.82, 2.24) is 9.29 Å². The number of rotatable bonds is 4. The molecule has 1 aromatic carbocycles. The number of carboxylic acid groups (broad SMARTS) is 1. The largest absolute Gasteiger partial charge is 0.481 e. The van der Waals surface area contributed by atoms with Crippen molar-refractivity contribution < 1.29 is 18.3 Å². The second-order valence-corrected chi connectivity index (χ2v) is 8.41. The van der Waals surface area contributed by atoms with Crippen molar-refractivity contribution in [3.8, 4) is 0 Å². The van der Waals surface area contributed by atoms with Gasteiger partial charge in [0, 0.05) is 24.7 Å². The molecule has 2 atom stereocenters. The fourth-order valence-corrected chi connectivity index (χ4v) is 4.98. The van der Waals surface area contributed by atoms with Gasteiger partial charge in [-0.25, -0.2) is 12.7 Å². The highest BCUT2D eigenvalue weighted by atomic mass is 32.2. The van der Waals surface area contributed by atoms with Gasteiger partial charge in [-0.1, -0.05) is 31.2 Å². The summed E-state index contributed by atoms with van der Waals surface area (Å²) in [5, 5.41) is 10.1. The predicted octanol–water partition coefficient (Wildman–Crippen LogP) is 2.11. The van der Waals surface area contributed by atoms with E-state index in [2.05, 4.69) is 4.98 Å². The topological polar surface area (TPSA) is 87.6 Å². The number of aromatic nitrogens is 1. The molecule has 0 aliphatic carbocycles. The van der Waals surface area contributed by atoms with Crippen LogP contribution < -0.4 is 0 Å². The van der Waals surface area contributed by atoms with Crippen molar-refractivity contribution in [2.24, 2.45) is 11.8 Å². The van der Waals surface area contributed by atoms with Gasteiger partial charge in [0.25, 0.3) is 0 Å². The van der Waals surface area contributed by atoms with Crippen LogP contribution in [0.5, 0.6) is 0 Å². The summed E-state index contributed by atoms with van der Waals surface area (Å²) in [6, 6.07) is 9.16. The van der Waals surface area contributed by atoms with Crippen LogP contribution in [0.25, 0.3) is 10.9 Å². The molecule has 6 nitrogen and oxygen atoms in total. The lowest BCUT2D eigenvalue weighted by molar-refractivity contribution is -0.143. The number of aliphatic carboxylic acids is 1. The van der Waals surface area contributed by atoms with Gasteiger partial charge in [0.1, 0.15) is 0 Å². The van der Waals surface area contributed by atoms with E-state index in [1.54, 1.807) is 12.3 Å². The molecule has 0 bridgehead atoms. The molecular weight excluding hydrogens is 328 g/mol. The predicted molar refractivity (Wildman–Crippen MR) is 90.8 cm³/mol.